The fourth-order valence-electron chi connectivity index (χ4n) is 7.33. The number of hydrogen-bond donors (Lipinski definition) is 2. The molecule has 198 valence electrons. The number of nitrogens with one attached hydrogen (secondary N) is 1. The Bertz CT molecular complexity index is 1240. The van der Waals surface area contributed by atoms with Gasteiger partial charge in [0.2, 0.25) is 0 Å². The van der Waals surface area contributed by atoms with Crippen molar-refractivity contribution in [1.29, 1.82) is 0 Å². The molecule has 0 bridgehead atoms. The van der Waals surface area contributed by atoms with Crippen molar-refractivity contribution in [2.45, 2.75) is 62.6 Å². The van der Waals surface area contributed by atoms with E-state index in [1.807, 2.05) is 9.80 Å². The molecule has 3 saturated carbocycles. The number of carbonyl (C=O) groups excluding carboxylic acids is 1. The Morgan fingerprint density at radius 1 is 1.03 bits per heavy atom. The van der Waals surface area contributed by atoms with Crippen LogP contribution in [-0.4, -0.2) is 62.3 Å². The van der Waals surface area contributed by atoms with Crippen LogP contribution < -0.4 is 0 Å². The van der Waals surface area contributed by atoms with Crippen LogP contribution in [-0.2, 0) is 18.2 Å². The first-order valence-corrected chi connectivity index (χ1v) is 13.0. The van der Waals surface area contributed by atoms with Crippen LogP contribution in [0, 0.1) is 22.6 Å². The molecule has 0 unspecified atom stereocenters. The molecule has 7 rings (SSSR count). The van der Waals surface area contributed by atoms with Crippen LogP contribution in [0.2, 0.25) is 0 Å². The summed E-state index contributed by atoms with van der Waals surface area (Å²) in [6.07, 6.45) is 0.670. The highest BCUT2D eigenvalue weighted by atomic mass is 19.4. The fraction of sp³-hybridized carbons (Fsp3) is 0.654. The molecule has 1 aromatic heterocycles. The lowest BCUT2D eigenvalue weighted by Gasteiger charge is -2.63. The third-order valence-corrected chi connectivity index (χ3v) is 9.39. The highest BCUT2D eigenvalue weighted by molar-refractivity contribution is 5.77. The van der Waals surface area contributed by atoms with Gasteiger partial charge in [-0.05, 0) is 68.6 Å². The molecule has 3 heterocycles. The van der Waals surface area contributed by atoms with E-state index in [0.29, 0.717) is 30.9 Å². The van der Waals surface area contributed by atoms with Gasteiger partial charge in [0.1, 0.15) is 17.2 Å². The van der Waals surface area contributed by atoms with Crippen molar-refractivity contribution in [2.75, 3.05) is 26.2 Å². The van der Waals surface area contributed by atoms with Gasteiger partial charge in [0, 0.05) is 42.9 Å². The minimum absolute atomic E-state index is 0.0263. The number of urea groups is 1. The smallest absolute Gasteiger partial charge is 0.382 e. The van der Waals surface area contributed by atoms with Crippen molar-refractivity contribution in [2.24, 2.45) is 16.7 Å². The first-order valence-electron chi connectivity index (χ1n) is 13.0. The molecule has 2 amide bonds. The van der Waals surface area contributed by atoms with Crippen molar-refractivity contribution in [1.82, 2.24) is 25.0 Å². The molecular formula is C26H29F4N5O2. The van der Waals surface area contributed by atoms with Crippen LogP contribution in [0.15, 0.2) is 18.2 Å². The third kappa shape index (κ3) is 3.83. The van der Waals surface area contributed by atoms with E-state index in [4.69, 9.17) is 0 Å². The van der Waals surface area contributed by atoms with Gasteiger partial charge in [0.25, 0.3) is 0 Å². The number of nitrogens with zero attached hydrogens (tertiary/aromatic N) is 4. The predicted octanol–water partition coefficient (Wildman–Crippen LogP) is 4.20. The van der Waals surface area contributed by atoms with Gasteiger partial charge in [0.05, 0.1) is 5.56 Å². The minimum Gasteiger partial charge on any atom is -0.382 e. The largest absolute Gasteiger partial charge is 0.416 e. The number of rotatable bonds is 4. The summed E-state index contributed by atoms with van der Waals surface area (Å²) in [7, 11) is 0. The number of likely N-dealkylation sites (tertiary alicyclic amines) is 2. The Morgan fingerprint density at radius 3 is 2.24 bits per heavy atom. The molecule has 1 aromatic carbocycles. The van der Waals surface area contributed by atoms with Crippen molar-refractivity contribution in [3.8, 4) is 0 Å². The number of hydrogen-bond acceptors (Lipinski definition) is 4. The second kappa shape index (κ2) is 7.45. The van der Waals surface area contributed by atoms with Crippen molar-refractivity contribution >= 4 is 6.03 Å². The molecule has 5 fully saturated rings. The summed E-state index contributed by atoms with van der Waals surface area (Å²) >= 11 is 0. The molecule has 2 spiro atoms. The lowest BCUT2D eigenvalue weighted by Crippen LogP contribution is -2.71. The molecule has 2 saturated heterocycles. The molecule has 2 aromatic rings. The van der Waals surface area contributed by atoms with Crippen molar-refractivity contribution < 1.29 is 27.5 Å². The number of carbonyl (C=O) groups is 1. The molecule has 0 radical (unpaired) electrons. The zero-order chi connectivity index (χ0) is 25.8. The Labute approximate surface area is 211 Å². The van der Waals surface area contributed by atoms with Gasteiger partial charge in [0.15, 0.2) is 5.82 Å². The fourth-order valence-corrected chi connectivity index (χ4v) is 7.33. The summed E-state index contributed by atoms with van der Waals surface area (Å²) in [5.41, 5.74) is -1.37. The van der Waals surface area contributed by atoms with E-state index in [9.17, 15) is 27.5 Å². The Morgan fingerprint density at radius 2 is 1.65 bits per heavy atom. The molecule has 2 N–H and O–H groups in total. The molecule has 37 heavy (non-hydrogen) atoms. The Hall–Kier alpha value is -2.69. The summed E-state index contributed by atoms with van der Waals surface area (Å²) in [5, 5.41) is 18.5. The molecule has 0 atom stereocenters. The van der Waals surface area contributed by atoms with Crippen LogP contribution in [0.3, 0.4) is 0 Å². The minimum atomic E-state index is -4.57. The predicted molar refractivity (Wildman–Crippen MR) is 123 cm³/mol. The number of aromatic nitrogens is 3. The van der Waals surface area contributed by atoms with Crippen molar-refractivity contribution in [3.05, 3.63) is 46.8 Å². The maximum atomic E-state index is 13.4. The van der Waals surface area contributed by atoms with E-state index < -0.39 is 23.2 Å². The van der Waals surface area contributed by atoms with E-state index in [1.54, 1.807) is 0 Å². The topological polar surface area (TPSA) is 85.3 Å². The van der Waals surface area contributed by atoms with E-state index in [-0.39, 0.29) is 34.8 Å². The number of benzene rings is 1. The Kier molecular flexibility index (Phi) is 4.72. The molecule has 3 aliphatic carbocycles. The highest BCUT2D eigenvalue weighted by Crippen LogP contribution is 2.57. The van der Waals surface area contributed by atoms with Gasteiger partial charge < -0.3 is 19.9 Å². The average molecular weight is 520 g/mol. The van der Waals surface area contributed by atoms with Gasteiger partial charge in [-0.1, -0.05) is 6.07 Å². The van der Waals surface area contributed by atoms with Gasteiger partial charge in [-0.15, -0.1) is 10.2 Å². The van der Waals surface area contributed by atoms with Gasteiger partial charge >= 0.3 is 12.2 Å². The number of aromatic amines is 1. The van der Waals surface area contributed by atoms with E-state index >= 15 is 0 Å². The molecular weight excluding hydrogens is 490 g/mol. The molecule has 5 aliphatic rings. The molecule has 2 aliphatic heterocycles. The van der Waals surface area contributed by atoms with Crippen LogP contribution in [0.5, 0.6) is 0 Å². The van der Waals surface area contributed by atoms with Gasteiger partial charge in [-0.25, -0.2) is 9.18 Å². The number of aliphatic hydroxyl groups is 1. The lowest BCUT2D eigenvalue weighted by molar-refractivity contribution is -0.138. The summed E-state index contributed by atoms with van der Waals surface area (Å²) < 4.78 is 53.2. The monoisotopic (exact) mass is 519 g/mol. The van der Waals surface area contributed by atoms with E-state index in [0.717, 1.165) is 63.5 Å². The number of halogens is 4. The highest BCUT2D eigenvalue weighted by Gasteiger charge is 2.59. The summed E-state index contributed by atoms with van der Waals surface area (Å²) in [4.78, 5) is 19.9. The summed E-state index contributed by atoms with van der Waals surface area (Å²) in [6, 6.07) is 2.98. The molecule has 7 nitrogen and oxygen atoms in total. The normalized spacial score (nSPS) is 25.4. The SMILES string of the molecule is O=C(N1CC2(CC(Cc3ccc(F)cc3C(F)(F)F)C2)C1)N1CC2(CC(c3nnc(C4(O)CC4)[nH]3)C2)C1. The Balaban J connectivity index is 0.866. The lowest BCUT2D eigenvalue weighted by atomic mass is 9.56. The quantitative estimate of drug-likeness (QED) is 0.593. The first kappa shape index (κ1) is 23.4. The van der Waals surface area contributed by atoms with Crippen molar-refractivity contribution in [3.63, 3.8) is 0 Å². The second-order valence-corrected chi connectivity index (χ2v) is 12.5. The maximum absolute atomic E-state index is 13.4. The zero-order valence-corrected chi connectivity index (χ0v) is 20.3. The van der Waals surface area contributed by atoms with Crippen LogP contribution in [0.1, 0.15) is 67.2 Å². The second-order valence-electron chi connectivity index (χ2n) is 12.5. The van der Waals surface area contributed by atoms with Crippen LogP contribution >= 0.6 is 0 Å². The zero-order valence-electron chi connectivity index (χ0n) is 20.3. The molecule has 11 heteroatoms. The van der Waals surface area contributed by atoms with Gasteiger partial charge in [-0.3, -0.25) is 0 Å². The maximum Gasteiger partial charge on any atom is 0.416 e. The summed E-state index contributed by atoms with van der Waals surface area (Å²) in [5.74, 6) is 0.939. The first-order chi connectivity index (χ1) is 17.4. The van der Waals surface area contributed by atoms with E-state index in [1.165, 1.54) is 6.07 Å². The number of amides is 2. The number of alkyl halides is 3. The van der Waals surface area contributed by atoms with E-state index in [2.05, 4.69) is 15.2 Å². The van der Waals surface area contributed by atoms with Gasteiger partial charge in [-0.2, -0.15) is 13.2 Å². The standard InChI is InChI=1S/C26H29F4N5O2/c27-18-2-1-16(19(6-18)26(28,29)30)5-15-7-23(8-15)11-34(12-23)22(36)35-13-24(14-35)9-17(10-24)20-31-21(33-32-20)25(37)3-4-25/h1-2,6,15,17,37H,3-5,7-14H2,(H,31,32,33). The van der Waals surface area contributed by atoms with Crippen LogP contribution in [0.25, 0.3) is 0 Å². The average Bonchev–Trinajstić information content (AvgIpc) is 3.27. The third-order valence-electron chi connectivity index (χ3n) is 9.39. The number of H-pyrrole nitrogens is 1. The summed E-state index contributed by atoms with van der Waals surface area (Å²) in [6.45, 7) is 2.80. The van der Waals surface area contributed by atoms with Crippen LogP contribution in [0.4, 0.5) is 22.4 Å².